The normalized spacial score (nSPS) is 15.8. The third-order valence-corrected chi connectivity index (χ3v) is 6.49. The highest BCUT2D eigenvalue weighted by molar-refractivity contribution is 7.17. The Kier molecular flexibility index (Phi) is 4.29. The number of thiazole rings is 1. The molecule has 1 N–H and O–H groups in total. The van der Waals surface area contributed by atoms with Crippen LogP contribution in [0.3, 0.4) is 0 Å². The predicted molar refractivity (Wildman–Crippen MR) is 102 cm³/mol. The Bertz CT molecular complexity index is 954. The summed E-state index contributed by atoms with van der Waals surface area (Å²) in [4.78, 5) is 16.0. The molecule has 1 aliphatic carbocycles. The largest absolute Gasteiger partial charge is 0.477 e. The summed E-state index contributed by atoms with van der Waals surface area (Å²) in [6.45, 7) is 1.73. The second-order valence-corrected chi connectivity index (χ2v) is 8.05. The molecule has 0 amide bonds. The zero-order valence-electron chi connectivity index (χ0n) is 14.0. The molecule has 4 rings (SSSR count). The van der Waals surface area contributed by atoms with Gasteiger partial charge < -0.3 is 9.67 Å². The predicted octanol–water partition coefficient (Wildman–Crippen LogP) is 5.93. The Morgan fingerprint density at radius 1 is 1.32 bits per heavy atom. The molecule has 2 heterocycles. The van der Waals surface area contributed by atoms with E-state index in [0.717, 1.165) is 26.5 Å². The van der Waals surface area contributed by atoms with E-state index in [4.69, 9.17) is 11.6 Å². The van der Waals surface area contributed by atoms with Gasteiger partial charge >= 0.3 is 5.97 Å². The van der Waals surface area contributed by atoms with E-state index in [-0.39, 0.29) is 0 Å². The first-order chi connectivity index (χ1) is 12.0. The summed E-state index contributed by atoms with van der Waals surface area (Å²) in [7, 11) is 0. The van der Waals surface area contributed by atoms with Gasteiger partial charge in [0.05, 0.1) is 10.7 Å². The molecule has 1 aromatic carbocycles. The van der Waals surface area contributed by atoms with Crippen molar-refractivity contribution in [2.24, 2.45) is 0 Å². The van der Waals surface area contributed by atoms with Crippen LogP contribution in [0.15, 0.2) is 24.4 Å². The van der Waals surface area contributed by atoms with Crippen molar-refractivity contribution in [3.8, 4) is 10.6 Å². The molecule has 0 radical (unpaired) electrons. The fraction of sp³-hybridized carbons (Fsp3) is 0.368. The number of aryl methyl sites for hydroxylation is 1. The van der Waals surface area contributed by atoms with Crippen LogP contribution in [0, 0.1) is 6.92 Å². The van der Waals surface area contributed by atoms with E-state index in [1.165, 1.54) is 43.4 Å². The van der Waals surface area contributed by atoms with Gasteiger partial charge in [-0.15, -0.1) is 11.3 Å². The Labute approximate surface area is 155 Å². The lowest BCUT2D eigenvalue weighted by Crippen LogP contribution is -2.11. The minimum atomic E-state index is -0.927. The third-order valence-electron chi connectivity index (χ3n) is 4.99. The van der Waals surface area contributed by atoms with E-state index in [1.807, 2.05) is 18.3 Å². The van der Waals surface area contributed by atoms with Crippen molar-refractivity contribution in [1.82, 2.24) is 9.55 Å². The van der Waals surface area contributed by atoms with Crippen molar-refractivity contribution >= 4 is 39.8 Å². The van der Waals surface area contributed by atoms with Gasteiger partial charge in [-0.25, -0.2) is 9.78 Å². The molecule has 2 aromatic heterocycles. The van der Waals surface area contributed by atoms with Gasteiger partial charge in [0.15, 0.2) is 0 Å². The van der Waals surface area contributed by atoms with Crippen LogP contribution in [-0.2, 0) is 0 Å². The number of halogens is 1. The second kappa shape index (κ2) is 6.46. The van der Waals surface area contributed by atoms with Crippen LogP contribution in [0.4, 0.5) is 0 Å². The number of hydrogen-bond donors (Lipinski definition) is 1. The summed E-state index contributed by atoms with van der Waals surface area (Å²) in [5, 5.41) is 11.7. The van der Waals surface area contributed by atoms with Gasteiger partial charge in [-0.05, 0) is 38.0 Å². The maximum atomic E-state index is 11.3. The summed E-state index contributed by atoms with van der Waals surface area (Å²) in [6, 6.07) is 6.65. The number of hydrogen-bond acceptors (Lipinski definition) is 3. The van der Waals surface area contributed by atoms with Crippen molar-refractivity contribution in [3.63, 3.8) is 0 Å². The lowest BCUT2D eigenvalue weighted by molar-refractivity contribution is 0.0701. The number of aromatic carboxylic acids is 1. The van der Waals surface area contributed by atoms with Crippen molar-refractivity contribution in [2.75, 3.05) is 0 Å². The molecule has 1 saturated carbocycles. The number of rotatable bonds is 3. The molecular weight excluding hydrogens is 356 g/mol. The van der Waals surface area contributed by atoms with Crippen LogP contribution in [-0.4, -0.2) is 20.6 Å². The molecule has 25 heavy (non-hydrogen) atoms. The monoisotopic (exact) mass is 374 g/mol. The second-order valence-electron chi connectivity index (χ2n) is 6.65. The Morgan fingerprint density at radius 3 is 2.76 bits per heavy atom. The van der Waals surface area contributed by atoms with E-state index >= 15 is 0 Å². The Hall–Kier alpha value is -1.85. The molecule has 3 aromatic rings. The first-order valence-corrected chi connectivity index (χ1v) is 9.75. The van der Waals surface area contributed by atoms with E-state index < -0.39 is 5.97 Å². The number of nitrogens with zero attached hydrogens (tertiary/aromatic N) is 2. The number of carboxylic acids is 1. The molecule has 6 heteroatoms. The molecule has 4 nitrogen and oxygen atoms in total. The van der Waals surface area contributed by atoms with E-state index in [9.17, 15) is 9.90 Å². The van der Waals surface area contributed by atoms with Gasteiger partial charge in [0.2, 0.25) is 0 Å². The summed E-state index contributed by atoms with van der Waals surface area (Å²) in [5.74, 6) is -0.927. The van der Waals surface area contributed by atoms with Crippen LogP contribution in [0.1, 0.15) is 53.5 Å². The molecule has 0 bridgehead atoms. The average molecular weight is 375 g/mol. The number of fused-ring (bicyclic) bond motifs is 1. The third kappa shape index (κ3) is 2.96. The molecule has 130 valence electrons. The number of aromatic nitrogens is 2. The van der Waals surface area contributed by atoms with Crippen LogP contribution >= 0.6 is 22.9 Å². The molecule has 1 fully saturated rings. The Balaban J connectivity index is 1.77. The summed E-state index contributed by atoms with van der Waals surface area (Å²) >= 11 is 7.72. The highest BCUT2D eigenvalue weighted by Crippen LogP contribution is 2.37. The molecule has 1 aliphatic rings. The lowest BCUT2D eigenvalue weighted by Gasteiger charge is -2.24. The van der Waals surface area contributed by atoms with Crippen LogP contribution < -0.4 is 0 Å². The summed E-state index contributed by atoms with van der Waals surface area (Å²) in [6.07, 6.45) is 8.32. The molecule has 0 saturated heterocycles. The van der Waals surface area contributed by atoms with Crippen molar-refractivity contribution in [1.29, 1.82) is 0 Å². The van der Waals surface area contributed by atoms with Gasteiger partial charge in [-0.2, -0.15) is 0 Å². The zero-order chi connectivity index (χ0) is 17.6. The molecular formula is C19H19ClN2O2S. The zero-order valence-corrected chi connectivity index (χ0v) is 15.5. The minimum Gasteiger partial charge on any atom is -0.477 e. The number of carbonyl (C=O) groups is 1. The molecule has 0 unspecified atom stereocenters. The first kappa shape index (κ1) is 16.6. The van der Waals surface area contributed by atoms with E-state index in [0.29, 0.717) is 16.6 Å². The minimum absolute atomic E-state index is 0.293. The van der Waals surface area contributed by atoms with Gasteiger partial charge in [0.1, 0.15) is 9.88 Å². The van der Waals surface area contributed by atoms with E-state index in [2.05, 4.69) is 15.6 Å². The first-order valence-electron chi connectivity index (χ1n) is 8.56. The number of carboxylic acid groups (broad SMARTS) is 1. The SMILES string of the molecule is Cc1nc(-c2ccc3c(c2)c(Cl)cn3C2CCCCC2)sc1C(=O)O. The molecule has 0 aliphatic heterocycles. The maximum absolute atomic E-state index is 11.3. The quantitative estimate of drug-likeness (QED) is 0.618. The van der Waals surface area contributed by atoms with Crippen molar-refractivity contribution < 1.29 is 9.90 Å². The Morgan fingerprint density at radius 2 is 2.08 bits per heavy atom. The lowest BCUT2D eigenvalue weighted by atomic mass is 9.95. The molecule has 0 spiro atoms. The highest BCUT2D eigenvalue weighted by atomic mass is 35.5. The van der Waals surface area contributed by atoms with Crippen LogP contribution in [0.25, 0.3) is 21.5 Å². The van der Waals surface area contributed by atoms with Crippen LogP contribution in [0.5, 0.6) is 0 Å². The van der Waals surface area contributed by atoms with Gasteiger partial charge in [-0.1, -0.05) is 30.9 Å². The highest BCUT2D eigenvalue weighted by Gasteiger charge is 2.20. The standard InChI is InChI=1S/C19H19ClN2O2S/c1-11-17(19(23)24)25-18(21-11)12-7-8-16-14(9-12)15(20)10-22(16)13-5-3-2-4-6-13/h7-10,13H,2-6H2,1H3,(H,23,24). The van der Waals surface area contributed by atoms with E-state index in [1.54, 1.807) is 6.92 Å². The van der Waals surface area contributed by atoms with Gasteiger partial charge in [0.25, 0.3) is 0 Å². The van der Waals surface area contributed by atoms with Crippen molar-refractivity contribution in [2.45, 2.75) is 45.1 Å². The van der Waals surface area contributed by atoms with Crippen molar-refractivity contribution in [3.05, 3.63) is 40.0 Å². The summed E-state index contributed by atoms with van der Waals surface area (Å²) in [5.41, 5.74) is 2.61. The maximum Gasteiger partial charge on any atom is 0.347 e. The topological polar surface area (TPSA) is 55.1 Å². The fourth-order valence-corrected chi connectivity index (χ4v) is 4.88. The van der Waals surface area contributed by atoms with Crippen LogP contribution in [0.2, 0.25) is 5.02 Å². The van der Waals surface area contributed by atoms with Gasteiger partial charge in [0, 0.05) is 28.7 Å². The molecule has 0 atom stereocenters. The fourth-order valence-electron chi connectivity index (χ4n) is 3.73. The smallest absolute Gasteiger partial charge is 0.347 e. The average Bonchev–Trinajstić information content (AvgIpc) is 3.16. The van der Waals surface area contributed by atoms with Gasteiger partial charge in [-0.3, -0.25) is 0 Å². The summed E-state index contributed by atoms with van der Waals surface area (Å²) < 4.78 is 2.32. The number of benzene rings is 1.